The van der Waals surface area contributed by atoms with Gasteiger partial charge in [0.25, 0.3) is 0 Å². The lowest BCUT2D eigenvalue weighted by Crippen LogP contribution is -2.42. The van der Waals surface area contributed by atoms with Crippen molar-refractivity contribution >= 4 is 5.82 Å². The van der Waals surface area contributed by atoms with Crippen LogP contribution in [0.15, 0.2) is 6.07 Å². The fourth-order valence-electron chi connectivity index (χ4n) is 4.54. The maximum absolute atomic E-state index is 5.78. The number of likely N-dealkylation sites (tertiary alicyclic amines) is 1. The minimum atomic E-state index is 0.469. The van der Waals surface area contributed by atoms with Crippen LogP contribution in [0.5, 0.6) is 0 Å². The molecular weight excluding hydrogens is 326 g/mol. The van der Waals surface area contributed by atoms with Gasteiger partial charge < -0.3 is 20.3 Å². The van der Waals surface area contributed by atoms with Crippen molar-refractivity contribution < 1.29 is 4.74 Å². The number of hydrogen-bond acceptors (Lipinski definition) is 6. The highest BCUT2D eigenvalue weighted by molar-refractivity contribution is 5.38. The third-order valence-electron chi connectivity index (χ3n) is 6.04. The van der Waals surface area contributed by atoms with Crippen LogP contribution in [0, 0.1) is 6.92 Å². The topological polar surface area (TPSA) is 62.3 Å². The largest absolute Gasteiger partial charge is 0.377 e. The van der Waals surface area contributed by atoms with Crippen LogP contribution in [0.2, 0.25) is 0 Å². The second-order valence-corrected chi connectivity index (χ2v) is 8.10. The summed E-state index contributed by atoms with van der Waals surface area (Å²) in [6, 6.07) is 2.72. The number of aromatic nitrogens is 2. The van der Waals surface area contributed by atoms with Gasteiger partial charge >= 0.3 is 0 Å². The van der Waals surface area contributed by atoms with E-state index in [1.54, 1.807) is 0 Å². The first-order valence-corrected chi connectivity index (χ1v) is 10.4. The molecule has 0 radical (unpaired) electrons. The SMILES string of the molecule is Cc1nc(NC2CCN(C[C@H]3CCCO3)CC2)cc(C2CCNCC2)n1. The molecule has 0 aromatic carbocycles. The zero-order valence-electron chi connectivity index (χ0n) is 16.0. The lowest BCUT2D eigenvalue weighted by Gasteiger charge is -2.34. The monoisotopic (exact) mass is 359 g/mol. The van der Waals surface area contributed by atoms with E-state index >= 15 is 0 Å². The van der Waals surface area contributed by atoms with E-state index < -0.39 is 0 Å². The van der Waals surface area contributed by atoms with Crippen LogP contribution in [0.1, 0.15) is 56.0 Å². The first-order valence-electron chi connectivity index (χ1n) is 10.4. The number of hydrogen-bond donors (Lipinski definition) is 2. The third-order valence-corrected chi connectivity index (χ3v) is 6.04. The van der Waals surface area contributed by atoms with Gasteiger partial charge in [0.05, 0.1) is 6.10 Å². The van der Waals surface area contributed by atoms with Crippen molar-refractivity contribution in [2.45, 2.75) is 63.5 Å². The van der Waals surface area contributed by atoms with Gasteiger partial charge in [-0.15, -0.1) is 0 Å². The van der Waals surface area contributed by atoms with Gasteiger partial charge in [0.1, 0.15) is 11.6 Å². The zero-order valence-corrected chi connectivity index (χ0v) is 16.0. The predicted octanol–water partition coefficient (Wildman–Crippen LogP) is 2.31. The summed E-state index contributed by atoms with van der Waals surface area (Å²) < 4.78 is 5.78. The molecule has 1 atom stereocenters. The lowest BCUT2D eigenvalue weighted by molar-refractivity contribution is 0.0654. The molecule has 2 N–H and O–H groups in total. The highest BCUT2D eigenvalue weighted by Gasteiger charge is 2.24. The molecule has 26 heavy (non-hydrogen) atoms. The molecule has 6 heteroatoms. The van der Waals surface area contributed by atoms with Crippen molar-refractivity contribution in [3.63, 3.8) is 0 Å². The van der Waals surface area contributed by atoms with E-state index in [2.05, 4.69) is 26.6 Å². The Morgan fingerprint density at radius 1 is 1.15 bits per heavy atom. The molecule has 3 aliphatic heterocycles. The molecule has 3 aliphatic rings. The van der Waals surface area contributed by atoms with Gasteiger partial charge in [0.2, 0.25) is 0 Å². The fraction of sp³-hybridized carbons (Fsp3) is 0.800. The minimum absolute atomic E-state index is 0.469. The van der Waals surface area contributed by atoms with Gasteiger partial charge in [-0.2, -0.15) is 0 Å². The fourth-order valence-corrected chi connectivity index (χ4v) is 4.54. The quantitative estimate of drug-likeness (QED) is 0.841. The molecule has 144 valence electrons. The van der Waals surface area contributed by atoms with Gasteiger partial charge in [-0.3, -0.25) is 0 Å². The Labute approximate surface area is 157 Å². The summed E-state index contributed by atoms with van der Waals surface area (Å²) >= 11 is 0. The van der Waals surface area contributed by atoms with Gasteiger partial charge in [0.15, 0.2) is 0 Å². The molecular formula is C20H33N5O. The Morgan fingerprint density at radius 3 is 2.69 bits per heavy atom. The highest BCUT2D eigenvalue weighted by atomic mass is 16.5. The maximum Gasteiger partial charge on any atom is 0.130 e. The molecule has 1 aromatic rings. The molecule has 3 saturated heterocycles. The standard InChI is InChI=1S/C20H33N5O/c1-15-22-19(16-4-8-21-9-5-16)13-20(23-15)24-17-6-10-25(11-7-17)14-18-3-2-12-26-18/h13,16-18,21H,2-12,14H2,1H3,(H,22,23,24)/t18-/m1/s1. The van der Waals surface area contributed by atoms with E-state index in [4.69, 9.17) is 9.72 Å². The van der Waals surface area contributed by atoms with E-state index in [1.807, 2.05) is 6.92 Å². The van der Waals surface area contributed by atoms with E-state index in [0.717, 1.165) is 51.0 Å². The number of nitrogens with zero attached hydrogens (tertiary/aromatic N) is 3. The number of piperidine rings is 2. The van der Waals surface area contributed by atoms with Crippen molar-refractivity contribution in [2.24, 2.45) is 0 Å². The smallest absolute Gasteiger partial charge is 0.130 e. The van der Waals surface area contributed by atoms with E-state index in [0.29, 0.717) is 18.1 Å². The summed E-state index contributed by atoms with van der Waals surface area (Å²) in [4.78, 5) is 11.9. The van der Waals surface area contributed by atoms with Crippen molar-refractivity contribution in [3.05, 3.63) is 17.6 Å². The summed E-state index contributed by atoms with van der Waals surface area (Å²) in [5.74, 6) is 2.48. The van der Waals surface area contributed by atoms with Gasteiger partial charge in [-0.25, -0.2) is 9.97 Å². The maximum atomic E-state index is 5.78. The Hall–Kier alpha value is -1.24. The zero-order chi connectivity index (χ0) is 17.8. The Morgan fingerprint density at radius 2 is 1.96 bits per heavy atom. The Bertz CT molecular complexity index is 576. The molecule has 0 unspecified atom stereocenters. The van der Waals surface area contributed by atoms with Gasteiger partial charge in [-0.05, 0) is 58.5 Å². The van der Waals surface area contributed by atoms with Crippen LogP contribution in [-0.4, -0.2) is 66.3 Å². The van der Waals surface area contributed by atoms with Crippen molar-refractivity contribution in [1.82, 2.24) is 20.2 Å². The van der Waals surface area contributed by atoms with Crippen LogP contribution in [-0.2, 0) is 4.74 Å². The molecule has 4 rings (SSSR count). The van der Waals surface area contributed by atoms with Crippen molar-refractivity contribution in [1.29, 1.82) is 0 Å². The second-order valence-electron chi connectivity index (χ2n) is 8.10. The van der Waals surface area contributed by atoms with Crippen LogP contribution in [0.25, 0.3) is 0 Å². The normalized spacial score (nSPS) is 26.3. The lowest BCUT2D eigenvalue weighted by atomic mass is 9.94. The van der Waals surface area contributed by atoms with Gasteiger partial charge in [0, 0.05) is 50.0 Å². The molecule has 0 aliphatic carbocycles. The van der Waals surface area contributed by atoms with Crippen molar-refractivity contribution in [3.8, 4) is 0 Å². The average molecular weight is 360 g/mol. The molecule has 1 aromatic heterocycles. The number of nitrogens with one attached hydrogen (secondary N) is 2. The minimum Gasteiger partial charge on any atom is -0.377 e. The number of anilines is 1. The molecule has 3 fully saturated rings. The predicted molar refractivity (Wildman–Crippen MR) is 104 cm³/mol. The summed E-state index contributed by atoms with van der Waals surface area (Å²) in [6.45, 7) is 8.58. The molecule has 0 saturated carbocycles. The van der Waals surface area contributed by atoms with Crippen LogP contribution in [0.3, 0.4) is 0 Å². The molecule has 0 bridgehead atoms. The number of aryl methyl sites for hydroxylation is 1. The van der Waals surface area contributed by atoms with E-state index in [1.165, 1.54) is 44.2 Å². The van der Waals surface area contributed by atoms with E-state index in [9.17, 15) is 0 Å². The molecule has 6 nitrogen and oxygen atoms in total. The Balaban J connectivity index is 1.30. The summed E-state index contributed by atoms with van der Waals surface area (Å²) in [6.07, 6.45) is 7.65. The number of ether oxygens (including phenoxy) is 1. The number of rotatable bonds is 5. The van der Waals surface area contributed by atoms with Crippen LogP contribution < -0.4 is 10.6 Å². The first-order chi connectivity index (χ1) is 12.8. The highest BCUT2D eigenvalue weighted by Crippen LogP contribution is 2.26. The summed E-state index contributed by atoms with van der Waals surface area (Å²) in [7, 11) is 0. The van der Waals surface area contributed by atoms with Crippen molar-refractivity contribution in [2.75, 3.05) is 44.6 Å². The van der Waals surface area contributed by atoms with Gasteiger partial charge in [-0.1, -0.05) is 0 Å². The second kappa shape index (κ2) is 8.63. The van der Waals surface area contributed by atoms with Crippen LogP contribution >= 0.6 is 0 Å². The molecule has 0 spiro atoms. The Kier molecular flexibility index (Phi) is 6.02. The molecule has 0 amide bonds. The van der Waals surface area contributed by atoms with E-state index in [-0.39, 0.29) is 0 Å². The summed E-state index contributed by atoms with van der Waals surface area (Å²) in [5, 5.41) is 7.13. The molecule has 4 heterocycles. The third kappa shape index (κ3) is 4.72. The first kappa shape index (κ1) is 18.1. The average Bonchev–Trinajstić information content (AvgIpc) is 3.17. The van der Waals surface area contributed by atoms with Crippen LogP contribution in [0.4, 0.5) is 5.82 Å². The summed E-state index contributed by atoms with van der Waals surface area (Å²) in [5.41, 5.74) is 1.22.